The van der Waals surface area contributed by atoms with Crippen LogP contribution in [0.25, 0.3) is 0 Å². The largest absolute Gasteiger partial charge is 0.495 e. The lowest BCUT2D eigenvalue weighted by Crippen LogP contribution is -2.36. The summed E-state index contributed by atoms with van der Waals surface area (Å²) in [6, 6.07) is 9.62. The molecule has 1 fully saturated rings. The van der Waals surface area contributed by atoms with Crippen molar-refractivity contribution in [3.63, 3.8) is 0 Å². The molecule has 0 aliphatic carbocycles. The van der Waals surface area contributed by atoms with Crippen LogP contribution in [0.3, 0.4) is 0 Å². The monoisotopic (exact) mass is 422 g/mol. The number of methoxy groups -OCH3 is 1. The van der Waals surface area contributed by atoms with Crippen LogP contribution in [-0.4, -0.2) is 38.8 Å². The third-order valence-electron chi connectivity index (χ3n) is 4.79. The summed E-state index contributed by atoms with van der Waals surface area (Å²) in [6.07, 6.45) is 2.76. The fourth-order valence-corrected chi connectivity index (χ4v) is 5.24. The zero-order valence-corrected chi connectivity index (χ0v) is 17.4. The van der Waals surface area contributed by atoms with E-state index in [9.17, 15) is 13.2 Å². The normalized spacial score (nSPS) is 15.2. The molecule has 0 bridgehead atoms. The summed E-state index contributed by atoms with van der Waals surface area (Å²) in [5.74, 6) is 0.0984. The zero-order chi connectivity index (χ0) is 20.3. The Bertz CT molecular complexity index is 986. The van der Waals surface area contributed by atoms with Gasteiger partial charge in [-0.1, -0.05) is 24.1 Å². The molecule has 150 valence electrons. The highest BCUT2D eigenvalue weighted by Gasteiger charge is 2.28. The number of hydrogen-bond acceptors (Lipinski definition) is 4. The van der Waals surface area contributed by atoms with Crippen LogP contribution in [-0.2, 0) is 10.0 Å². The van der Waals surface area contributed by atoms with E-state index >= 15 is 0 Å². The quantitative estimate of drug-likeness (QED) is 0.787. The van der Waals surface area contributed by atoms with Gasteiger partial charge in [-0.15, -0.1) is 0 Å². The van der Waals surface area contributed by atoms with E-state index in [1.807, 2.05) is 0 Å². The highest BCUT2D eigenvalue weighted by atomic mass is 35.5. The number of sulfonamides is 1. The first-order valence-corrected chi connectivity index (χ1v) is 10.9. The number of ether oxygens (including phenoxy) is 1. The van der Waals surface area contributed by atoms with Gasteiger partial charge in [0.25, 0.3) is 5.91 Å². The molecule has 1 amide bonds. The summed E-state index contributed by atoms with van der Waals surface area (Å²) >= 11 is 6.09. The number of carbonyl (C=O) groups excluding carboxylic acids is 1. The zero-order valence-electron chi connectivity index (χ0n) is 15.9. The van der Waals surface area contributed by atoms with Crippen LogP contribution in [0, 0.1) is 6.92 Å². The number of amides is 1. The smallest absolute Gasteiger partial charge is 0.255 e. The predicted octanol–water partition coefficient (Wildman–Crippen LogP) is 4.08. The van der Waals surface area contributed by atoms with Gasteiger partial charge >= 0.3 is 0 Å². The van der Waals surface area contributed by atoms with Gasteiger partial charge in [0, 0.05) is 24.3 Å². The van der Waals surface area contributed by atoms with Crippen LogP contribution in [0.15, 0.2) is 41.3 Å². The van der Waals surface area contributed by atoms with Crippen molar-refractivity contribution in [2.24, 2.45) is 0 Å². The van der Waals surface area contributed by atoms with Gasteiger partial charge in [-0.05, 0) is 55.7 Å². The Hall–Kier alpha value is -2.09. The first-order chi connectivity index (χ1) is 13.3. The SMILES string of the molecule is COc1ccc(NC(=O)c2ccc(C)c(S(=O)(=O)N3CCCCC3)c2)cc1Cl. The molecule has 0 unspecified atom stereocenters. The fourth-order valence-electron chi connectivity index (χ4n) is 3.21. The van der Waals surface area contributed by atoms with Gasteiger partial charge in [0.15, 0.2) is 0 Å². The molecule has 0 saturated carbocycles. The van der Waals surface area contributed by atoms with E-state index in [2.05, 4.69) is 5.32 Å². The van der Waals surface area contributed by atoms with Crippen LogP contribution >= 0.6 is 11.6 Å². The van der Waals surface area contributed by atoms with Crippen LogP contribution in [0.1, 0.15) is 35.2 Å². The second-order valence-electron chi connectivity index (χ2n) is 6.75. The van der Waals surface area contributed by atoms with Crippen molar-refractivity contribution in [2.45, 2.75) is 31.1 Å². The molecule has 2 aromatic rings. The van der Waals surface area contributed by atoms with Gasteiger partial charge < -0.3 is 10.1 Å². The second-order valence-corrected chi connectivity index (χ2v) is 9.06. The molecule has 8 heteroatoms. The van der Waals surface area contributed by atoms with E-state index in [-0.39, 0.29) is 10.5 Å². The van der Waals surface area contributed by atoms with Gasteiger partial charge in [-0.25, -0.2) is 8.42 Å². The molecule has 0 spiro atoms. The first-order valence-electron chi connectivity index (χ1n) is 9.08. The molecule has 1 heterocycles. The summed E-state index contributed by atoms with van der Waals surface area (Å²) in [5.41, 5.74) is 1.39. The van der Waals surface area contributed by atoms with Crippen molar-refractivity contribution < 1.29 is 17.9 Å². The van der Waals surface area contributed by atoms with E-state index < -0.39 is 15.9 Å². The molecule has 0 aromatic heterocycles. The minimum Gasteiger partial charge on any atom is -0.495 e. The Labute approximate surface area is 170 Å². The number of benzene rings is 2. The Morgan fingerprint density at radius 1 is 1.11 bits per heavy atom. The topological polar surface area (TPSA) is 75.7 Å². The molecule has 6 nitrogen and oxygen atoms in total. The van der Waals surface area contributed by atoms with E-state index in [1.54, 1.807) is 37.3 Å². The molecule has 1 saturated heterocycles. The lowest BCUT2D eigenvalue weighted by atomic mass is 10.1. The van der Waals surface area contributed by atoms with Crippen LogP contribution < -0.4 is 10.1 Å². The first kappa shape index (κ1) is 20.6. The number of anilines is 1. The van der Waals surface area contributed by atoms with Gasteiger partial charge in [-0.2, -0.15) is 4.31 Å². The third kappa shape index (κ3) is 4.32. The van der Waals surface area contributed by atoms with Crippen LogP contribution in [0.4, 0.5) is 5.69 Å². The standard InChI is InChI=1S/C20H23ClN2O4S/c1-14-6-7-15(12-19(14)28(25,26)23-10-4-3-5-11-23)20(24)22-16-8-9-18(27-2)17(21)13-16/h6-9,12-13H,3-5,10-11H2,1-2H3,(H,22,24). The maximum Gasteiger partial charge on any atom is 0.255 e. The number of nitrogens with zero attached hydrogens (tertiary/aromatic N) is 1. The number of aryl methyl sites for hydroxylation is 1. The summed E-state index contributed by atoms with van der Waals surface area (Å²) < 4.78 is 32.6. The van der Waals surface area contributed by atoms with Gasteiger partial charge in [0.05, 0.1) is 17.0 Å². The molecule has 0 atom stereocenters. The fraction of sp³-hybridized carbons (Fsp3) is 0.350. The average molecular weight is 423 g/mol. The van der Waals surface area contributed by atoms with E-state index in [4.69, 9.17) is 16.3 Å². The Morgan fingerprint density at radius 3 is 2.46 bits per heavy atom. The maximum atomic E-state index is 13.0. The van der Waals surface area contributed by atoms with Gasteiger partial charge in [0.2, 0.25) is 10.0 Å². The number of halogens is 1. The molecule has 1 aliphatic heterocycles. The Balaban J connectivity index is 1.86. The van der Waals surface area contributed by atoms with Crippen molar-refractivity contribution in [1.82, 2.24) is 4.31 Å². The maximum absolute atomic E-state index is 13.0. The molecule has 28 heavy (non-hydrogen) atoms. The number of hydrogen-bond donors (Lipinski definition) is 1. The highest BCUT2D eigenvalue weighted by molar-refractivity contribution is 7.89. The summed E-state index contributed by atoms with van der Waals surface area (Å²) in [6.45, 7) is 2.77. The number of nitrogens with one attached hydrogen (secondary N) is 1. The van der Waals surface area contributed by atoms with E-state index in [0.29, 0.717) is 35.1 Å². The Morgan fingerprint density at radius 2 is 1.82 bits per heavy atom. The highest BCUT2D eigenvalue weighted by Crippen LogP contribution is 2.28. The molecule has 2 aromatic carbocycles. The lowest BCUT2D eigenvalue weighted by molar-refractivity contribution is 0.102. The van der Waals surface area contributed by atoms with Crippen molar-refractivity contribution in [1.29, 1.82) is 0 Å². The van der Waals surface area contributed by atoms with Crippen LogP contribution in [0.2, 0.25) is 5.02 Å². The van der Waals surface area contributed by atoms with Crippen LogP contribution in [0.5, 0.6) is 5.75 Å². The number of carbonyl (C=O) groups is 1. The average Bonchev–Trinajstić information content (AvgIpc) is 2.69. The van der Waals surface area contributed by atoms with Crippen molar-refractivity contribution in [3.05, 3.63) is 52.5 Å². The molecule has 0 radical (unpaired) electrons. The Kier molecular flexibility index (Phi) is 6.27. The van der Waals surface area contributed by atoms with Gasteiger partial charge in [-0.3, -0.25) is 4.79 Å². The molecule has 3 rings (SSSR count). The van der Waals surface area contributed by atoms with Crippen molar-refractivity contribution in [3.8, 4) is 5.75 Å². The van der Waals surface area contributed by atoms with Crippen molar-refractivity contribution >= 4 is 33.2 Å². The second kappa shape index (κ2) is 8.51. The minimum atomic E-state index is -3.62. The van der Waals surface area contributed by atoms with E-state index in [1.165, 1.54) is 17.5 Å². The summed E-state index contributed by atoms with van der Waals surface area (Å²) in [7, 11) is -2.11. The lowest BCUT2D eigenvalue weighted by Gasteiger charge is -2.26. The summed E-state index contributed by atoms with van der Waals surface area (Å²) in [4.78, 5) is 12.8. The number of piperidine rings is 1. The molecular weight excluding hydrogens is 400 g/mol. The molecular formula is C20H23ClN2O4S. The minimum absolute atomic E-state index is 0.176. The summed E-state index contributed by atoms with van der Waals surface area (Å²) in [5, 5.41) is 3.11. The van der Waals surface area contributed by atoms with Crippen molar-refractivity contribution in [2.75, 3.05) is 25.5 Å². The van der Waals surface area contributed by atoms with Gasteiger partial charge in [0.1, 0.15) is 5.75 Å². The third-order valence-corrected chi connectivity index (χ3v) is 7.13. The van der Waals surface area contributed by atoms with E-state index in [0.717, 1.165) is 19.3 Å². The molecule has 1 aliphatic rings. The predicted molar refractivity (Wildman–Crippen MR) is 110 cm³/mol. The molecule has 1 N–H and O–H groups in total. The number of rotatable bonds is 5.